The van der Waals surface area contributed by atoms with E-state index in [0.717, 1.165) is 5.92 Å². The molecular formula is C14H24N2. The van der Waals surface area contributed by atoms with Gasteiger partial charge in [0.15, 0.2) is 0 Å². The first-order chi connectivity index (χ1) is 7.69. The Labute approximate surface area is 99.5 Å². The van der Waals surface area contributed by atoms with E-state index in [0.29, 0.717) is 12.0 Å². The monoisotopic (exact) mass is 220 g/mol. The zero-order valence-corrected chi connectivity index (χ0v) is 10.9. The van der Waals surface area contributed by atoms with Gasteiger partial charge in [0, 0.05) is 23.9 Å². The van der Waals surface area contributed by atoms with Crippen molar-refractivity contribution in [3.05, 3.63) is 30.1 Å². The van der Waals surface area contributed by atoms with Crippen LogP contribution in [0.2, 0.25) is 0 Å². The van der Waals surface area contributed by atoms with Gasteiger partial charge in [0.2, 0.25) is 0 Å². The molecule has 0 fully saturated rings. The van der Waals surface area contributed by atoms with E-state index in [-0.39, 0.29) is 0 Å². The summed E-state index contributed by atoms with van der Waals surface area (Å²) in [5.74, 6) is 1.24. The fourth-order valence-corrected chi connectivity index (χ4v) is 2.02. The van der Waals surface area contributed by atoms with Crippen LogP contribution >= 0.6 is 0 Å². The van der Waals surface area contributed by atoms with Crippen molar-refractivity contribution < 1.29 is 0 Å². The number of likely N-dealkylation sites (N-methyl/N-ethyl adjacent to an activating group) is 1. The number of rotatable bonds is 6. The lowest BCUT2D eigenvalue weighted by Crippen LogP contribution is -2.32. The highest BCUT2D eigenvalue weighted by atomic mass is 14.9. The minimum atomic E-state index is 0.472. The molecule has 2 nitrogen and oxygen atoms in total. The van der Waals surface area contributed by atoms with Gasteiger partial charge in [-0.2, -0.15) is 0 Å². The first-order valence-electron chi connectivity index (χ1n) is 6.27. The lowest BCUT2D eigenvalue weighted by atomic mass is 9.89. The maximum absolute atomic E-state index is 4.44. The van der Waals surface area contributed by atoms with Crippen LogP contribution in [-0.4, -0.2) is 18.1 Å². The molecule has 3 unspecified atom stereocenters. The average Bonchev–Trinajstić information content (AvgIpc) is 2.35. The summed E-state index contributed by atoms with van der Waals surface area (Å²) >= 11 is 0. The van der Waals surface area contributed by atoms with E-state index in [2.05, 4.69) is 43.2 Å². The van der Waals surface area contributed by atoms with E-state index in [9.17, 15) is 0 Å². The van der Waals surface area contributed by atoms with Crippen LogP contribution in [-0.2, 0) is 0 Å². The summed E-state index contributed by atoms with van der Waals surface area (Å²) in [5.41, 5.74) is 1.19. The van der Waals surface area contributed by atoms with Crippen molar-refractivity contribution in [1.82, 2.24) is 10.3 Å². The quantitative estimate of drug-likeness (QED) is 0.796. The molecule has 1 heterocycles. The maximum atomic E-state index is 4.44. The molecule has 16 heavy (non-hydrogen) atoms. The minimum absolute atomic E-state index is 0.472. The standard InChI is InChI=1S/C14H24N2/c1-5-11(2)10-14(15-4)12(3)13-8-6-7-9-16-13/h6-9,11-12,14-15H,5,10H2,1-4H3. The molecule has 1 N–H and O–H groups in total. The van der Waals surface area contributed by atoms with Crippen molar-refractivity contribution in [2.45, 2.75) is 45.6 Å². The van der Waals surface area contributed by atoms with Crippen LogP contribution in [0.1, 0.15) is 45.2 Å². The normalized spacial score (nSPS) is 16.8. The molecule has 2 heteroatoms. The molecule has 1 rings (SSSR count). The van der Waals surface area contributed by atoms with Gasteiger partial charge in [-0.1, -0.05) is 33.3 Å². The van der Waals surface area contributed by atoms with Crippen LogP contribution in [0.5, 0.6) is 0 Å². The zero-order chi connectivity index (χ0) is 12.0. The Kier molecular flexibility index (Phi) is 5.47. The van der Waals surface area contributed by atoms with Crippen molar-refractivity contribution in [2.75, 3.05) is 7.05 Å². The summed E-state index contributed by atoms with van der Waals surface area (Å²) in [4.78, 5) is 4.44. The fraction of sp³-hybridized carbons (Fsp3) is 0.643. The molecule has 0 spiro atoms. The number of nitrogens with one attached hydrogen (secondary N) is 1. The van der Waals surface area contributed by atoms with Crippen molar-refractivity contribution in [3.63, 3.8) is 0 Å². The van der Waals surface area contributed by atoms with Gasteiger partial charge in [-0.05, 0) is 31.5 Å². The van der Waals surface area contributed by atoms with Gasteiger partial charge >= 0.3 is 0 Å². The predicted octanol–water partition coefficient (Wildman–Crippen LogP) is 3.21. The molecule has 0 amide bonds. The van der Waals surface area contributed by atoms with E-state index in [1.165, 1.54) is 18.5 Å². The van der Waals surface area contributed by atoms with Crippen molar-refractivity contribution in [3.8, 4) is 0 Å². The average molecular weight is 220 g/mol. The molecule has 0 aliphatic rings. The number of nitrogens with zero attached hydrogens (tertiary/aromatic N) is 1. The van der Waals surface area contributed by atoms with Gasteiger partial charge < -0.3 is 5.32 Å². The number of hydrogen-bond acceptors (Lipinski definition) is 2. The molecular weight excluding hydrogens is 196 g/mol. The van der Waals surface area contributed by atoms with Crippen LogP contribution in [0, 0.1) is 5.92 Å². The molecule has 3 atom stereocenters. The molecule has 0 aromatic carbocycles. The molecule has 90 valence electrons. The minimum Gasteiger partial charge on any atom is -0.316 e. The third-order valence-corrected chi connectivity index (χ3v) is 3.48. The molecule has 0 aliphatic heterocycles. The van der Waals surface area contributed by atoms with Gasteiger partial charge in [-0.15, -0.1) is 0 Å². The highest BCUT2D eigenvalue weighted by Gasteiger charge is 2.19. The molecule has 0 saturated heterocycles. The first-order valence-corrected chi connectivity index (χ1v) is 6.27. The summed E-state index contributed by atoms with van der Waals surface area (Å²) in [6.07, 6.45) is 4.33. The second-order valence-corrected chi connectivity index (χ2v) is 4.69. The SMILES string of the molecule is CCC(C)CC(NC)C(C)c1ccccn1. The second-order valence-electron chi connectivity index (χ2n) is 4.69. The van der Waals surface area contributed by atoms with Gasteiger partial charge in [0.1, 0.15) is 0 Å². The molecule has 1 aromatic heterocycles. The Bertz CT molecular complexity index is 284. The van der Waals surface area contributed by atoms with E-state index >= 15 is 0 Å². The summed E-state index contributed by atoms with van der Waals surface area (Å²) in [5, 5.41) is 3.43. The Hall–Kier alpha value is -0.890. The van der Waals surface area contributed by atoms with E-state index in [1.807, 2.05) is 19.3 Å². The van der Waals surface area contributed by atoms with Crippen LogP contribution < -0.4 is 5.32 Å². The number of hydrogen-bond donors (Lipinski definition) is 1. The molecule has 0 aliphatic carbocycles. The third kappa shape index (κ3) is 3.60. The van der Waals surface area contributed by atoms with Gasteiger partial charge in [0.05, 0.1) is 0 Å². The largest absolute Gasteiger partial charge is 0.316 e. The van der Waals surface area contributed by atoms with Crippen molar-refractivity contribution in [1.29, 1.82) is 0 Å². The smallest absolute Gasteiger partial charge is 0.0447 e. The second kappa shape index (κ2) is 6.64. The Morgan fingerprint density at radius 3 is 2.56 bits per heavy atom. The molecule has 0 radical (unpaired) electrons. The van der Waals surface area contributed by atoms with E-state index < -0.39 is 0 Å². The molecule has 0 saturated carbocycles. The Morgan fingerprint density at radius 2 is 2.06 bits per heavy atom. The third-order valence-electron chi connectivity index (χ3n) is 3.48. The van der Waals surface area contributed by atoms with Crippen LogP contribution in [0.3, 0.4) is 0 Å². The first kappa shape index (κ1) is 13.2. The lowest BCUT2D eigenvalue weighted by molar-refractivity contribution is 0.372. The predicted molar refractivity (Wildman–Crippen MR) is 69.6 cm³/mol. The summed E-state index contributed by atoms with van der Waals surface area (Å²) in [6.45, 7) is 6.82. The van der Waals surface area contributed by atoms with Crippen molar-refractivity contribution in [2.24, 2.45) is 5.92 Å². The van der Waals surface area contributed by atoms with Crippen LogP contribution in [0.4, 0.5) is 0 Å². The van der Waals surface area contributed by atoms with Crippen LogP contribution in [0.15, 0.2) is 24.4 Å². The Morgan fingerprint density at radius 1 is 1.31 bits per heavy atom. The number of pyridine rings is 1. The van der Waals surface area contributed by atoms with Gasteiger partial charge in [-0.25, -0.2) is 0 Å². The lowest BCUT2D eigenvalue weighted by Gasteiger charge is -2.25. The maximum Gasteiger partial charge on any atom is 0.0447 e. The molecule has 1 aromatic rings. The zero-order valence-electron chi connectivity index (χ0n) is 10.9. The highest BCUT2D eigenvalue weighted by molar-refractivity contribution is 5.11. The molecule has 0 bridgehead atoms. The summed E-state index contributed by atoms with van der Waals surface area (Å²) in [7, 11) is 2.05. The van der Waals surface area contributed by atoms with Gasteiger partial charge in [0.25, 0.3) is 0 Å². The van der Waals surface area contributed by atoms with E-state index in [1.54, 1.807) is 0 Å². The highest BCUT2D eigenvalue weighted by Crippen LogP contribution is 2.22. The van der Waals surface area contributed by atoms with E-state index in [4.69, 9.17) is 0 Å². The van der Waals surface area contributed by atoms with Crippen molar-refractivity contribution >= 4 is 0 Å². The summed E-state index contributed by atoms with van der Waals surface area (Å²) < 4.78 is 0. The summed E-state index contributed by atoms with van der Waals surface area (Å²) in [6, 6.07) is 6.67. The number of aromatic nitrogens is 1. The van der Waals surface area contributed by atoms with Gasteiger partial charge in [-0.3, -0.25) is 4.98 Å². The Balaban J connectivity index is 2.66. The van der Waals surface area contributed by atoms with Crippen LogP contribution in [0.25, 0.3) is 0 Å². The topological polar surface area (TPSA) is 24.9 Å². The fourth-order valence-electron chi connectivity index (χ4n) is 2.02.